The van der Waals surface area contributed by atoms with E-state index in [0.717, 1.165) is 49.8 Å². The molecule has 7 heteroatoms. The fourth-order valence-electron chi connectivity index (χ4n) is 3.70. The van der Waals surface area contributed by atoms with E-state index in [2.05, 4.69) is 29.6 Å². The lowest BCUT2D eigenvalue weighted by atomic mass is 10.1. The van der Waals surface area contributed by atoms with Gasteiger partial charge >= 0.3 is 6.18 Å². The summed E-state index contributed by atoms with van der Waals surface area (Å²) >= 11 is 0. The third-order valence-corrected chi connectivity index (χ3v) is 5.58. The van der Waals surface area contributed by atoms with Crippen molar-refractivity contribution in [3.63, 3.8) is 0 Å². The first-order valence-corrected chi connectivity index (χ1v) is 10.2. The number of amides is 1. The monoisotopic (exact) mass is 419 g/mol. The highest BCUT2D eigenvalue weighted by Gasteiger charge is 2.32. The lowest BCUT2D eigenvalue weighted by Crippen LogP contribution is -3.29. The molecule has 2 aromatic rings. The third kappa shape index (κ3) is 6.18. The van der Waals surface area contributed by atoms with Gasteiger partial charge < -0.3 is 15.1 Å². The van der Waals surface area contributed by atoms with E-state index in [1.54, 1.807) is 0 Å². The molecule has 3 N–H and O–H groups in total. The minimum absolute atomic E-state index is 0.177. The maximum Gasteiger partial charge on any atom is 0.416 e. The molecule has 0 saturated carbocycles. The molecule has 0 unspecified atom stereocenters. The second-order valence-corrected chi connectivity index (χ2v) is 7.71. The number of benzene rings is 2. The van der Waals surface area contributed by atoms with Crippen molar-refractivity contribution < 1.29 is 27.8 Å². The zero-order valence-corrected chi connectivity index (χ0v) is 17.0. The van der Waals surface area contributed by atoms with Gasteiger partial charge in [0.05, 0.1) is 12.1 Å². The minimum Gasteiger partial charge on any atom is -0.322 e. The minimum atomic E-state index is -4.42. The van der Waals surface area contributed by atoms with E-state index in [-0.39, 0.29) is 17.6 Å². The van der Waals surface area contributed by atoms with Gasteiger partial charge in [-0.2, -0.15) is 13.2 Å². The van der Waals surface area contributed by atoms with Crippen LogP contribution in [0.4, 0.5) is 18.9 Å². The molecular formula is C23H28F3N3O+2. The van der Waals surface area contributed by atoms with Crippen LogP contribution in [0, 0.1) is 0 Å². The average molecular weight is 419 g/mol. The summed E-state index contributed by atoms with van der Waals surface area (Å²) in [5.74, 6) is -0.253. The number of halogens is 3. The first-order chi connectivity index (χ1) is 14.3. The molecule has 1 amide bonds. The quantitative estimate of drug-likeness (QED) is 0.653. The molecule has 0 radical (unpaired) electrons. The Hall–Kier alpha value is -2.64. The third-order valence-electron chi connectivity index (χ3n) is 5.58. The maximum absolute atomic E-state index is 12.9. The molecule has 0 aromatic heterocycles. The van der Waals surface area contributed by atoms with Crippen molar-refractivity contribution in [2.24, 2.45) is 0 Å². The molecule has 1 fully saturated rings. The summed E-state index contributed by atoms with van der Waals surface area (Å²) in [4.78, 5) is 15.2. The number of quaternary nitrogens is 2. The number of piperazine rings is 1. The number of nitrogens with one attached hydrogen (secondary N) is 3. The van der Waals surface area contributed by atoms with E-state index in [9.17, 15) is 18.0 Å². The van der Waals surface area contributed by atoms with E-state index >= 15 is 0 Å². The molecule has 160 valence electrons. The first kappa shape index (κ1) is 22.1. The van der Waals surface area contributed by atoms with Gasteiger partial charge in [-0.1, -0.05) is 42.5 Å². The van der Waals surface area contributed by atoms with Crippen LogP contribution in [0.2, 0.25) is 0 Å². The number of carbonyl (C=O) groups excluding carboxylic acids is 1. The van der Waals surface area contributed by atoms with E-state index in [1.807, 2.05) is 25.1 Å². The van der Waals surface area contributed by atoms with Gasteiger partial charge in [-0.15, -0.1) is 0 Å². The van der Waals surface area contributed by atoms with Crippen molar-refractivity contribution in [3.05, 3.63) is 71.8 Å². The molecule has 30 heavy (non-hydrogen) atoms. The lowest BCUT2D eigenvalue weighted by Gasteiger charge is -2.32. The SMILES string of the molecule is C[C@@H](C(=O)Nc1cccc(C(F)(F)F)c1)[NH+]1CC[NH+](C/C=C/c2ccccc2)CC1. The van der Waals surface area contributed by atoms with Crippen molar-refractivity contribution >= 4 is 17.7 Å². The smallest absolute Gasteiger partial charge is 0.322 e. The Morgan fingerprint density at radius 3 is 2.43 bits per heavy atom. The predicted molar refractivity (Wildman–Crippen MR) is 111 cm³/mol. The number of rotatable bonds is 6. The molecule has 2 aromatic carbocycles. The molecular weight excluding hydrogens is 391 g/mol. The van der Waals surface area contributed by atoms with Crippen LogP contribution in [-0.2, 0) is 11.0 Å². The van der Waals surface area contributed by atoms with Gasteiger partial charge in [0.25, 0.3) is 5.91 Å². The van der Waals surface area contributed by atoms with Crippen LogP contribution in [0.15, 0.2) is 60.7 Å². The lowest BCUT2D eigenvalue weighted by molar-refractivity contribution is -1.02. The van der Waals surface area contributed by atoms with Gasteiger partial charge in [0.2, 0.25) is 0 Å². The highest BCUT2D eigenvalue weighted by molar-refractivity contribution is 5.93. The molecule has 4 nitrogen and oxygen atoms in total. The number of hydrogen-bond donors (Lipinski definition) is 3. The number of carbonyl (C=O) groups is 1. The van der Waals surface area contributed by atoms with Crippen LogP contribution >= 0.6 is 0 Å². The van der Waals surface area contributed by atoms with Gasteiger partial charge in [0.15, 0.2) is 6.04 Å². The zero-order chi connectivity index (χ0) is 21.6. The van der Waals surface area contributed by atoms with Gasteiger partial charge in [-0.3, -0.25) is 4.79 Å². The summed E-state index contributed by atoms with van der Waals surface area (Å²) in [6, 6.07) is 14.6. The Morgan fingerprint density at radius 2 is 1.77 bits per heavy atom. The first-order valence-electron chi connectivity index (χ1n) is 10.2. The van der Waals surface area contributed by atoms with E-state index in [1.165, 1.54) is 22.6 Å². The van der Waals surface area contributed by atoms with Gasteiger partial charge in [-0.05, 0) is 36.8 Å². The normalized spacial score (nSPS) is 20.8. The summed E-state index contributed by atoms with van der Waals surface area (Å²) in [6.07, 6.45) is -0.123. The second-order valence-electron chi connectivity index (χ2n) is 7.71. The average Bonchev–Trinajstić information content (AvgIpc) is 2.74. The molecule has 1 saturated heterocycles. The summed E-state index contributed by atoms with van der Waals surface area (Å²) in [5.41, 5.74) is 0.596. The highest BCUT2D eigenvalue weighted by Crippen LogP contribution is 2.30. The highest BCUT2D eigenvalue weighted by atomic mass is 19.4. The Morgan fingerprint density at radius 1 is 1.07 bits per heavy atom. The molecule has 1 atom stereocenters. The predicted octanol–water partition coefficient (Wildman–Crippen LogP) is 1.53. The molecule has 3 rings (SSSR count). The molecule has 1 aliphatic rings. The topological polar surface area (TPSA) is 38.0 Å². The van der Waals surface area contributed by atoms with Crippen LogP contribution < -0.4 is 15.1 Å². The maximum atomic E-state index is 12.9. The van der Waals surface area contributed by atoms with Crippen molar-refractivity contribution in [1.29, 1.82) is 0 Å². The Labute approximate surface area is 175 Å². The standard InChI is InChI=1S/C23H26F3N3O/c1-18(22(30)27-21-11-5-10-20(17-21)23(24,25)26)29-15-13-28(14-16-29)12-6-9-19-7-3-2-4-8-19/h2-11,17-18H,12-16H2,1H3,(H,27,30)/p+2/b9-6+/t18-/m0/s1. The Balaban J connectivity index is 1.47. The van der Waals surface area contributed by atoms with Crippen molar-refractivity contribution in [2.75, 3.05) is 38.0 Å². The van der Waals surface area contributed by atoms with E-state index in [0.29, 0.717) is 0 Å². The fraction of sp³-hybridized carbons (Fsp3) is 0.348. The van der Waals surface area contributed by atoms with Crippen LogP contribution in [0.1, 0.15) is 18.1 Å². The summed E-state index contributed by atoms with van der Waals surface area (Å²) in [6.45, 7) is 6.38. The number of anilines is 1. The van der Waals surface area contributed by atoms with Gasteiger partial charge in [0, 0.05) is 5.69 Å². The van der Waals surface area contributed by atoms with Gasteiger partial charge in [0.1, 0.15) is 26.2 Å². The van der Waals surface area contributed by atoms with Crippen LogP contribution in [-0.4, -0.2) is 44.7 Å². The van der Waals surface area contributed by atoms with Crippen LogP contribution in [0.3, 0.4) is 0 Å². The summed E-state index contributed by atoms with van der Waals surface area (Å²) in [7, 11) is 0. The number of hydrogen-bond acceptors (Lipinski definition) is 1. The summed E-state index contributed by atoms with van der Waals surface area (Å²) in [5, 5.41) is 2.64. The van der Waals surface area contributed by atoms with Crippen molar-refractivity contribution in [2.45, 2.75) is 19.1 Å². The van der Waals surface area contributed by atoms with Crippen LogP contribution in [0.25, 0.3) is 6.08 Å². The molecule has 1 aliphatic heterocycles. The summed E-state index contributed by atoms with van der Waals surface area (Å²) < 4.78 is 38.6. The van der Waals surface area contributed by atoms with E-state index < -0.39 is 11.7 Å². The second kappa shape index (κ2) is 9.91. The Bertz CT molecular complexity index is 859. The zero-order valence-electron chi connectivity index (χ0n) is 17.0. The van der Waals surface area contributed by atoms with Crippen LogP contribution in [0.5, 0.6) is 0 Å². The molecule has 1 heterocycles. The number of alkyl halides is 3. The Kier molecular flexibility index (Phi) is 7.29. The van der Waals surface area contributed by atoms with Crippen molar-refractivity contribution in [3.8, 4) is 0 Å². The molecule has 0 aliphatic carbocycles. The van der Waals surface area contributed by atoms with Crippen molar-refractivity contribution in [1.82, 2.24) is 0 Å². The fourth-order valence-corrected chi connectivity index (χ4v) is 3.70. The van der Waals surface area contributed by atoms with Gasteiger partial charge in [-0.25, -0.2) is 0 Å². The van der Waals surface area contributed by atoms with E-state index in [4.69, 9.17) is 0 Å². The molecule has 0 bridgehead atoms. The molecule has 0 spiro atoms. The largest absolute Gasteiger partial charge is 0.416 e.